The van der Waals surface area contributed by atoms with Gasteiger partial charge in [-0.1, -0.05) is 11.6 Å². The maximum Gasteiger partial charge on any atom is 0.344 e. The van der Waals surface area contributed by atoms with Crippen LogP contribution in [0.2, 0.25) is 5.02 Å². The molecule has 2 heterocycles. The number of carboxylic acids is 1. The monoisotopic (exact) mass is 410 g/mol. The fourth-order valence-corrected chi connectivity index (χ4v) is 4.31. The summed E-state index contributed by atoms with van der Waals surface area (Å²) in [6, 6.07) is 2.56. The van der Waals surface area contributed by atoms with E-state index in [1.165, 1.54) is 13.2 Å². The normalized spacial score (nSPS) is 14.1. The van der Waals surface area contributed by atoms with Crippen LogP contribution in [0.3, 0.4) is 0 Å². The third-order valence-corrected chi connectivity index (χ3v) is 5.82. The maximum atomic E-state index is 14.4. The molecule has 0 bridgehead atoms. The highest BCUT2D eigenvalue weighted by atomic mass is 35.5. The topological polar surface area (TPSA) is 63.4 Å². The number of halogens is 2. The molecule has 9 heteroatoms. The zero-order chi connectivity index (χ0) is 19.6. The van der Waals surface area contributed by atoms with E-state index in [1.807, 2.05) is 4.90 Å². The highest BCUT2D eigenvalue weighted by Gasteiger charge is 2.27. The van der Waals surface area contributed by atoms with E-state index in [0.29, 0.717) is 36.9 Å². The number of methoxy groups -OCH3 is 1. The summed E-state index contributed by atoms with van der Waals surface area (Å²) < 4.78 is 24.8. The summed E-state index contributed by atoms with van der Waals surface area (Å²) in [7, 11) is 1.41. The molecule has 1 fully saturated rings. The average Bonchev–Trinajstić information content (AvgIpc) is 3.03. The van der Waals surface area contributed by atoms with Gasteiger partial charge in [-0.05, 0) is 29.7 Å². The molecule has 0 radical (unpaired) electrons. The number of ether oxygens (including phenoxy) is 2. The second kappa shape index (κ2) is 8.13. The Morgan fingerprint density at radius 2 is 2.19 bits per heavy atom. The molecular formula is C18H16ClFN2O4S. The average molecular weight is 411 g/mol. The molecular weight excluding hydrogens is 395 g/mol. The smallest absolute Gasteiger partial charge is 0.344 e. The molecule has 0 aliphatic carbocycles. The van der Waals surface area contributed by atoms with E-state index in [2.05, 4.69) is 4.85 Å². The lowest BCUT2D eigenvalue weighted by Gasteiger charge is -2.28. The van der Waals surface area contributed by atoms with Crippen molar-refractivity contribution in [2.24, 2.45) is 0 Å². The van der Waals surface area contributed by atoms with E-state index in [1.54, 1.807) is 0 Å². The van der Waals surface area contributed by atoms with Crippen molar-refractivity contribution in [3.63, 3.8) is 0 Å². The van der Waals surface area contributed by atoms with E-state index in [0.717, 1.165) is 17.4 Å². The first kappa shape index (κ1) is 19.4. The third-order valence-electron chi connectivity index (χ3n) is 4.25. The van der Waals surface area contributed by atoms with Crippen LogP contribution >= 0.6 is 22.9 Å². The number of benzene rings is 1. The fourth-order valence-electron chi connectivity index (χ4n) is 2.93. The molecule has 1 aromatic carbocycles. The minimum absolute atomic E-state index is 0.0378. The summed E-state index contributed by atoms with van der Waals surface area (Å²) in [4.78, 5) is 17.3. The van der Waals surface area contributed by atoms with Gasteiger partial charge in [-0.3, -0.25) is 0 Å². The summed E-state index contributed by atoms with van der Waals surface area (Å²) in [5.41, 5.74) is 0.759. The lowest BCUT2D eigenvalue weighted by atomic mass is 10.0. The van der Waals surface area contributed by atoms with Crippen molar-refractivity contribution >= 4 is 39.6 Å². The Kier molecular flexibility index (Phi) is 5.85. The predicted octanol–water partition coefficient (Wildman–Crippen LogP) is 4.23. The van der Waals surface area contributed by atoms with Gasteiger partial charge in [0.15, 0.2) is 0 Å². The molecule has 1 N–H and O–H groups in total. The van der Waals surface area contributed by atoms with Crippen LogP contribution in [-0.4, -0.2) is 44.5 Å². The highest BCUT2D eigenvalue weighted by Crippen LogP contribution is 2.44. The van der Waals surface area contributed by atoms with Crippen LogP contribution in [0.25, 0.3) is 4.85 Å². The molecule has 1 aliphatic rings. The summed E-state index contributed by atoms with van der Waals surface area (Å²) >= 11 is 6.97. The van der Waals surface area contributed by atoms with Crippen molar-refractivity contribution in [1.82, 2.24) is 0 Å². The van der Waals surface area contributed by atoms with Crippen molar-refractivity contribution in [3.8, 4) is 5.75 Å². The Bertz CT molecular complexity index is 919. The van der Waals surface area contributed by atoms with Gasteiger partial charge < -0.3 is 19.5 Å². The molecule has 3 rings (SSSR count). The van der Waals surface area contributed by atoms with Crippen LogP contribution in [0.5, 0.6) is 5.75 Å². The third kappa shape index (κ3) is 3.86. The van der Waals surface area contributed by atoms with Crippen LogP contribution < -0.4 is 9.64 Å². The SMILES string of the molecule is [C-]#[N+]c1c(N2CCOCC2)sc(C(=O)O)c1Cc1cc(OC)c(Cl)cc1F. The number of carboxylic acid groups (broad SMARTS) is 1. The van der Waals surface area contributed by atoms with Crippen LogP contribution in [0.1, 0.15) is 20.8 Å². The predicted molar refractivity (Wildman–Crippen MR) is 101 cm³/mol. The number of hydrogen-bond donors (Lipinski definition) is 1. The molecule has 0 atom stereocenters. The molecule has 2 aromatic rings. The number of carbonyl (C=O) groups is 1. The molecule has 1 saturated heterocycles. The minimum atomic E-state index is -1.14. The zero-order valence-corrected chi connectivity index (χ0v) is 16.0. The zero-order valence-electron chi connectivity index (χ0n) is 14.4. The van der Waals surface area contributed by atoms with Gasteiger partial charge in [0.25, 0.3) is 0 Å². The largest absolute Gasteiger partial charge is 0.495 e. The van der Waals surface area contributed by atoms with Crippen molar-refractivity contribution in [2.75, 3.05) is 38.3 Å². The molecule has 0 spiro atoms. The van der Waals surface area contributed by atoms with Crippen LogP contribution in [-0.2, 0) is 11.2 Å². The maximum absolute atomic E-state index is 14.4. The first-order valence-corrected chi connectivity index (χ1v) is 9.26. The fraction of sp³-hybridized carbons (Fsp3) is 0.333. The van der Waals surface area contributed by atoms with Crippen LogP contribution in [0, 0.1) is 12.4 Å². The molecule has 1 aromatic heterocycles. The summed E-state index contributed by atoms with van der Waals surface area (Å²) in [5, 5.41) is 10.3. The van der Waals surface area contributed by atoms with Crippen molar-refractivity contribution in [3.05, 3.63) is 50.4 Å². The van der Waals surface area contributed by atoms with Gasteiger partial charge in [-0.15, -0.1) is 11.3 Å². The summed E-state index contributed by atoms with van der Waals surface area (Å²) in [6.45, 7) is 9.74. The Balaban J connectivity index is 2.08. The van der Waals surface area contributed by atoms with E-state index < -0.39 is 11.8 Å². The van der Waals surface area contributed by atoms with Gasteiger partial charge in [0.2, 0.25) is 5.69 Å². The van der Waals surface area contributed by atoms with Crippen LogP contribution in [0.15, 0.2) is 12.1 Å². The van der Waals surface area contributed by atoms with Gasteiger partial charge in [-0.2, -0.15) is 0 Å². The molecule has 0 amide bonds. The summed E-state index contributed by atoms with van der Waals surface area (Å²) in [5.74, 6) is -1.43. The number of rotatable bonds is 5. The second-order valence-electron chi connectivity index (χ2n) is 5.83. The molecule has 6 nitrogen and oxygen atoms in total. The highest BCUT2D eigenvalue weighted by molar-refractivity contribution is 7.18. The minimum Gasteiger partial charge on any atom is -0.495 e. The number of anilines is 1. The van der Waals surface area contributed by atoms with E-state index in [-0.39, 0.29) is 33.3 Å². The Morgan fingerprint density at radius 3 is 2.78 bits per heavy atom. The molecule has 142 valence electrons. The lowest BCUT2D eigenvalue weighted by molar-refractivity contribution is 0.0701. The van der Waals surface area contributed by atoms with Crippen molar-refractivity contribution in [2.45, 2.75) is 6.42 Å². The van der Waals surface area contributed by atoms with E-state index >= 15 is 0 Å². The first-order valence-electron chi connectivity index (χ1n) is 8.07. The van der Waals surface area contributed by atoms with Gasteiger partial charge in [-0.25, -0.2) is 14.0 Å². The van der Waals surface area contributed by atoms with E-state index in [4.69, 9.17) is 27.6 Å². The molecule has 1 aliphatic heterocycles. The quantitative estimate of drug-likeness (QED) is 0.747. The molecule has 0 unspecified atom stereocenters. The van der Waals surface area contributed by atoms with Crippen molar-refractivity contribution < 1.29 is 23.8 Å². The van der Waals surface area contributed by atoms with Gasteiger partial charge >= 0.3 is 5.97 Å². The van der Waals surface area contributed by atoms with Crippen molar-refractivity contribution in [1.29, 1.82) is 0 Å². The number of hydrogen-bond acceptors (Lipinski definition) is 5. The van der Waals surface area contributed by atoms with Gasteiger partial charge in [0.05, 0.1) is 36.9 Å². The van der Waals surface area contributed by atoms with Gasteiger partial charge in [0.1, 0.15) is 16.4 Å². The Labute approximate surface area is 164 Å². The molecule has 0 saturated carbocycles. The molecule has 27 heavy (non-hydrogen) atoms. The van der Waals surface area contributed by atoms with E-state index in [9.17, 15) is 14.3 Å². The summed E-state index contributed by atoms with van der Waals surface area (Å²) in [6.07, 6.45) is -0.0421. The number of thiophene rings is 1. The first-order chi connectivity index (χ1) is 13.0. The number of nitrogens with zero attached hydrogens (tertiary/aromatic N) is 2. The number of aromatic carboxylic acids is 1. The lowest BCUT2D eigenvalue weighted by Crippen LogP contribution is -2.35. The second-order valence-corrected chi connectivity index (χ2v) is 7.24. The standard InChI is InChI=1S/C18H16ClFN2O4S/c1-21-15-11(7-10-8-14(25-2)12(19)9-13(10)20)16(18(23)24)27-17(15)22-3-5-26-6-4-22/h8-9H,3-7H2,2H3,(H,23,24). The van der Waals surface area contributed by atoms with Crippen LogP contribution in [0.4, 0.5) is 15.1 Å². The van der Waals surface area contributed by atoms with Gasteiger partial charge in [0, 0.05) is 13.1 Å². The number of morpholine rings is 1. The Morgan fingerprint density at radius 1 is 1.48 bits per heavy atom. The Hall–Kier alpha value is -2.34.